The Balaban J connectivity index is 1.85. The van der Waals surface area contributed by atoms with Crippen LogP contribution in [0.1, 0.15) is 21.5 Å². The molecule has 0 bridgehead atoms. The number of rotatable bonds is 5. The molecule has 2 aromatic rings. The van der Waals surface area contributed by atoms with Crippen molar-refractivity contribution in [3.63, 3.8) is 0 Å². The minimum Gasteiger partial charge on any atom is -0.352 e. The lowest BCUT2D eigenvalue weighted by Gasteiger charge is -2.06. The lowest BCUT2D eigenvalue weighted by atomic mass is 10.1. The van der Waals surface area contributed by atoms with Crippen molar-refractivity contribution < 1.29 is 14.8 Å². The van der Waals surface area contributed by atoms with Gasteiger partial charge in [-0.15, -0.1) is 0 Å². The molecule has 0 fully saturated rings. The Morgan fingerprint density at radius 3 is 2.19 bits per heavy atom. The first kappa shape index (κ1) is 14.7. The first-order chi connectivity index (χ1) is 10.2. The van der Waals surface area contributed by atoms with E-state index in [9.17, 15) is 9.59 Å². The zero-order chi connectivity index (χ0) is 15.1. The van der Waals surface area contributed by atoms with E-state index in [2.05, 4.69) is 5.32 Å². The normalized spacial score (nSPS) is 9.95. The highest BCUT2D eigenvalue weighted by Crippen LogP contribution is 2.05. The number of amides is 2. The van der Waals surface area contributed by atoms with E-state index in [4.69, 9.17) is 5.21 Å². The van der Waals surface area contributed by atoms with E-state index in [1.54, 1.807) is 29.7 Å². The molecule has 0 atom stereocenters. The average molecular weight is 284 g/mol. The maximum atomic E-state index is 11.8. The zero-order valence-corrected chi connectivity index (χ0v) is 11.4. The third kappa shape index (κ3) is 4.43. The fraction of sp³-hybridized carbons (Fsp3) is 0.125. The molecule has 0 unspecified atom stereocenters. The number of hydrogen-bond acceptors (Lipinski definition) is 3. The molecule has 21 heavy (non-hydrogen) atoms. The van der Waals surface area contributed by atoms with Crippen molar-refractivity contribution in [2.45, 2.75) is 13.0 Å². The first-order valence-corrected chi connectivity index (χ1v) is 6.53. The van der Waals surface area contributed by atoms with Crippen LogP contribution in [0.4, 0.5) is 0 Å². The summed E-state index contributed by atoms with van der Waals surface area (Å²) in [7, 11) is 0. The topological polar surface area (TPSA) is 78.4 Å². The highest BCUT2D eigenvalue weighted by Gasteiger charge is 2.05. The van der Waals surface area contributed by atoms with E-state index >= 15 is 0 Å². The molecule has 5 nitrogen and oxygen atoms in total. The summed E-state index contributed by atoms with van der Waals surface area (Å²) >= 11 is 0. The Kier molecular flexibility index (Phi) is 5.06. The van der Waals surface area contributed by atoms with E-state index in [0.29, 0.717) is 18.5 Å². The number of hydrogen-bond donors (Lipinski definition) is 3. The van der Waals surface area contributed by atoms with Crippen molar-refractivity contribution in [3.05, 3.63) is 71.3 Å². The van der Waals surface area contributed by atoms with Gasteiger partial charge in [-0.3, -0.25) is 14.8 Å². The van der Waals surface area contributed by atoms with Crippen LogP contribution in [0.5, 0.6) is 0 Å². The first-order valence-electron chi connectivity index (χ1n) is 6.53. The lowest BCUT2D eigenvalue weighted by Crippen LogP contribution is -2.24. The van der Waals surface area contributed by atoms with E-state index in [0.717, 1.165) is 11.1 Å². The van der Waals surface area contributed by atoms with Crippen molar-refractivity contribution in [2.75, 3.05) is 0 Å². The molecule has 0 radical (unpaired) electrons. The van der Waals surface area contributed by atoms with Crippen LogP contribution in [0.15, 0.2) is 54.6 Å². The van der Waals surface area contributed by atoms with Gasteiger partial charge in [-0.1, -0.05) is 42.5 Å². The SMILES string of the molecule is O=C(Cc1ccccc1)NCc1ccc(C(=O)NO)cc1. The predicted octanol–water partition coefficient (Wildman–Crippen LogP) is 1.66. The number of nitrogens with one attached hydrogen (secondary N) is 2. The fourth-order valence-corrected chi connectivity index (χ4v) is 1.88. The van der Waals surface area contributed by atoms with Crippen molar-refractivity contribution in [2.24, 2.45) is 0 Å². The Bertz CT molecular complexity index is 609. The van der Waals surface area contributed by atoms with Gasteiger partial charge in [0.2, 0.25) is 5.91 Å². The summed E-state index contributed by atoms with van der Waals surface area (Å²) in [6, 6.07) is 16.1. The molecule has 0 spiro atoms. The molecule has 2 aromatic carbocycles. The Morgan fingerprint density at radius 2 is 1.57 bits per heavy atom. The van der Waals surface area contributed by atoms with Gasteiger partial charge in [-0.25, -0.2) is 5.48 Å². The van der Waals surface area contributed by atoms with Crippen LogP contribution >= 0.6 is 0 Å². The van der Waals surface area contributed by atoms with Crippen LogP contribution in [0.25, 0.3) is 0 Å². The van der Waals surface area contributed by atoms with E-state index < -0.39 is 5.91 Å². The average Bonchev–Trinajstić information content (AvgIpc) is 2.53. The quantitative estimate of drug-likeness (QED) is 0.577. The fourth-order valence-electron chi connectivity index (χ4n) is 1.88. The molecule has 0 saturated heterocycles. The maximum absolute atomic E-state index is 11.8. The lowest BCUT2D eigenvalue weighted by molar-refractivity contribution is -0.120. The summed E-state index contributed by atoms with van der Waals surface area (Å²) in [6.07, 6.45) is 0.339. The van der Waals surface area contributed by atoms with E-state index in [1.165, 1.54) is 0 Å². The minimum atomic E-state index is -0.560. The van der Waals surface area contributed by atoms with Crippen LogP contribution in [0.3, 0.4) is 0 Å². The Hall–Kier alpha value is -2.66. The van der Waals surface area contributed by atoms with Crippen LogP contribution in [-0.4, -0.2) is 17.0 Å². The molecule has 3 N–H and O–H groups in total. The number of carbonyl (C=O) groups excluding carboxylic acids is 2. The summed E-state index contributed by atoms with van der Waals surface area (Å²) in [4.78, 5) is 23.0. The van der Waals surface area contributed by atoms with Crippen LogP contribution in [-0.2, 0) is 17.8 Å². The monoisotopic (exact) mass is 284 g/mol. The summed E-state index contributed by atoms with van der Waals surface area (Å²) < 4.78 is 0. The minimum absolute atomic E-state index is 0.0571. The van der Waals surface area contributed by atoms with Gasteiger partial charge >= 0.3 is 0 Å². The van der Waals surface area contributed by atoms with Crippen molar-refractivity contribution in [1.82, 2.24) is 10.8 Å². The smallest absolute Gasteiger partial charge is 0.274 e. The molecule has 5 heteroatoms. The van der Waals surface area contributed by atoms with Gasteiger partial charge in [0.15, 0.2) is 0 Å². The Labute approximate surface area is 122 Å². The summed E-state index contributed by atoms with van der Waals surface area (Å²) in [6.45, 7) is 0.396. The molecule has 0 aromatic heterocycles. The van der Waals surface area contributed by atoms with Gasteiger partial charge in [0.1, 0.15) is 0 Å². The molecule has 2 amide bonds. The standard InChI is InChI=1S/C16H16N2O3/c19-15(10-12-4-2-1-3-5-12)17-11-13-6-8-14(9-7-13)16(20)18-21/h1-9,21H,10-11H2,(H,17,19)(H,18,20). The molecule has 108 valence electrons. The second-order valence-corrected chi connectivity index (χ2v) is 4.58. The maximum Gasteiger partial charge on any atom is 0.274 e. The van der Waals surface area contributed by atoms with Crippen molar-refractivity contribution in [1.29, 1.82) is 0 Å². The van der Waals surface area contributed by atoms with Gasteiger partial charge in [0.05, 0.1) is 6.42 Å². The zero-order valence-electron chi connectivity index (χ0n) is 11.4. The van der Waals surface area contributed by atoms with Crippen molar-refractivity contribution in [3.8, 4) is 0 Å². The largest absolute Gasteiger partial charge is 0.352 e. The molecule has 0 saturated carbocycles. The summed E-state index contributed by atoms with van der Waals surface area (Å²) in [5.41, 5.74) is 3.77. The molecule has 2 rings (SSSR count). The highest BCUT2D eigenvalue weighted by atomic mass is 16.5. The third-order valence-electron chi connectivity index (χ3n) is 3.01. The summed E-state index contributed by atoms with van der Waals surface area (Å²) in [5, 5.41) is 11.3. The molecular formula is C16H16N2O3. The van der Waals surface area contributed by atoms with Gasteiger partial charge in [0, 0.05) is 12.1 Å². The third-order valence-corrected chi connectivity index (χ3v) is 3.01. The molecule has 0 heterocycles. The number of hydroxylamine groups is 1. The van der Waals surface area contributed by atoms with E-state index in [-0.39, 0.29) is 5.91 Å². The van der Waals surface area contributed by atoms with Gasteiger partial charge in [-0.05, 0) is 23.3 Å². The molecule has 0 aliphatic rings. The molecule has 0 aliphatic heterocycles. The summed E-state index contributed by atoms with van der Waals surface area (Å²) in [5.74, 6) is -0.618. The predicted molar refractivity (Wildman–Crippen MR) is 77.7 cm³/mol. The van der Waals surface area contributed by atoms with Gasteiger partial charge in [0.25, 0.3) is 5.91 Å². The van der Waals surface area contributed by atoms with Gasteiger partial charge < -0.3 is 5.32 Å². The van der Waals surface area contributed by atoms with Gasteiger partial charge in [-0.2, -0.15) is 0 Å². The van der Waals surface area contributed by atoms with Crippen LogP contribution < -0.4 is 10.8 Å². The second kappa shape index (κ2) is 7.21. The van der Waals surface area contributed by atoms with Crippen LogP contribution in [0, 0.1) is 0 Å². The number of benzene rings is 2. The molecule has 0 aliphatic carbocycles. The highest BCUT2D eigenvalue weighted by molar-refractivity contribution is 5.93. The van der Waals surface area contributed by atoms with Crippen molar-refractivity contribution >= 4 is 11.8 Å². The Morgan fingerprint density at radius 1 is 0.905 bits per heavy atom. The van der Waals surface area contributed by atoms with E-state index in [1.807, 2.05) is 30.3 Å². The molecular weight excluding hydrogens is 268 g/mol. The second-order valence-electron chi connectivity index (χ2n) is 4.58. The van der Waals surface area contributed by atoms with Crippen LogP contribution in [0.2, 0.25) is 0 Å². The number of carbonyl (C=O) groups is 2.